The van der Waals surface area contributed by atoms with E-state index in [9.17, 15) is 9.59 Å². The molecule has 1 aromatic heterocycles. The van der Waals surface area contributed by atoms with Crippen molar-refractivity contribution in [1.82, 2.24) is 4.90 Å². The van der Waals surface area contributed by atoms with Crippen molar-refractivity contribution in [2.45, 2.75) is 25.7 Å². The molecule has 0 aliphatic heterocycles. The lowest BCUT2D eigenvalue weighted by atomic mass is 9.99. The fourth-order valence-electron chi connectivity index (χ4n) is 3.04. The number of anilines is 1. The van der Waals surface area contributed by atoms with Gasteiger partial charge in [-0.3, -0.25) is 9.59 Å². The van der Waals surface area contributed by atoms with E-state index in [2.05, 4.69) is 5.32 Å². The van der Waals surface area contributed by atoms with Gasteiger partial charge in [0, 0.05) is 16.9 Å². The number of ether oxygens (including phenoxy) is 1. The van der Waals surface area contributed by atoms with Crippen molar-refractivity contribution in [2.24, 2.45) is 0 Å². The maximum atomic E-state index is 12.6. The minimum Gasteiger partial charge on any atom is -0.495 e. The van der Waals surface area contributed by atoms with Gasteiger partial charge in [-0.05, 0) is 55.5 Å². The van der Waals surface area contributed by atoms with Gasteiger partial charge < -0.3 is 15.0 Å². The van der Waals surface area contributed by atoms with Crippen molar-refractivity contribution in [2.75, 3.05) is 26.0 Å². The number of aryl methyl sites for hydroxylation is 2. The van der Waals surface area contributed by atoms with Crippen LogP contribution in [0.2, 0.25) is 5.02 Å². The first-order chi connectivity index (χ1) is 12.5. The van der Waals surface area contributed by atoms with Crippen LogP contribution in [0.4, 0.5) is 5.69 Å². The van der Waals surface area contributed by atoms with Crippen molar-refractivity contribution in [3.63, 3.8) is 0 Å². The van der Waals surface area contributed by atoms with Crippen LogP contribution in [0.25, 0.3) is 0 Å². The summed E-state index contributed by atoms with van der Waals surface area (Å²) in [7, 11) is 3.16. The van der Waals surface area contributed by atoms with Gasteiger partial charge in [0.2, 0.25) is 5.91 Å². The SMILES string of the molecule is COc1ccc(Cl)cc1NC(=O)CN(C)C(=O)c1cc2c(s1)CCCC2. The van der Waals surface area contributed by atoms with Gasteiger partial charge in [-0.15, -0.1) is 11.3 Å². The highest BCUT2D eigenvalue weighted by Crippen LogP contribution is 2.30. The normalized spacial score (nSPS) is 13.0. The average molecular weight is 393 g/mol. The summed E-state index contributed by atoms with van der Waals surface area (Å²) in [5.41, 5.74) is 1.77. The predicted octanol–water partition coefficient (Wildman–Crippen LogP) is 4.00. The number of halogens is 1. The summed E-state index contributed by atoms with van der Waals surface area (Å²) in [5, 5.41) is 3.24. The second-order valence-electron chi connectivity index (χ2n) is 6.32. The van der Waals surface area contributed by atoms with Gasteiger partial charge in [0.05, 0.1) is 24.2 Å². The van der Waals surface area contributed by atoms with E-state index in [1.807, 2.05) is 6.07 Å². The first-order valence-electron chi connectivity index (χ1n) is 8.48. The number of thiophene rings is 1. The molecular weight excluding hydrogens is 372 g/mol. The van der Waals surface area contributed by atoms with Gasteiger partial charge in [-0.1, -0.05) is 11.6 Å². The smallest absolute Gasteiger partial charge is 0.264 e. The Morgan fingerprint density at radius 2 is 2.04 bits per heavy atom. The molecule has 3 rings (SSSR count). The quantitative estimate of drug-likeness (QED) is 0.836. The zero-order valence-electron chi connectivity index (χ0n) is 14.8. The molecule has 26 heavy (non-hydrogen) atoms. The number of benzene rings is 1. The zero-order valence-corrected chi connectivity index (χ0v) is 16.4. The molecule has 0 saturated heterocycles. The first kappa shape index (κ1) is 18.7. The van der Waals surface area contributed by atoms with Crippen molar-refractivity contribution in [3.8, 4) is 5.75 Å². The minimum absolute atomic E-state index is 0.0446. The van der Waals surface area contributed by atoms with Crippen molar-refractivity contribution < 1.29 is 14.3 Å². The average Bonchev–Trinajstić information content (AvgIpc) is 3.05. The highest BCUT2D eigenvalue weighted by Gasteiger charge is 2.21. The molecule has 0 saturated carbocycles. The number of rotatable bonds is 5. The number of nitrogens with one attached hydrogen (secondary N) is 1. The Labute approximate surface area is 161 Å². The van der Waals surface area contributed by atoms with Gasteiger partial charge in [-0.2, -0.15) is 0 Å². The van der Waals surface area contributed by atoms with E-state index >= 15 is 0 Å². The van der Waals surface area contributed by atoms with E-state index in [1.165, 1.54) is 35.3 Å². The van der Waals surface area contributed by atoms with E-state index in [-0.39, 0.29) is 18.4 Å². The van der Waals surface area contributed by atoms with Crippen LogP contribution in [0.3, 0.4) is 0 Å². The third-order valence-corrected chi connectivity index (χ3v) is 5.83. The first-order valence-corrected chi connectivity index (χ1v) is 9.68. The number of hydrogen-bond acceptors (Lipinski definition) is 4. The molecule has 0 unspecified atom stereocenters. The van der Waals surface area contributed by atoms with E-state index in [4.69, 9.17) is 16.3 Å². The Balaban J connectivity index is 1.64. The summed E-state index contributed by atoms with van der Waals surface area (Å²) in [5.74, 6) is 0.0861. The summed E-state index contributed by atoms with van der Waals surface area (Å²) in [6.07, 6.45) is 4.45. The van der Waals surface area contributed by atoms with E-state index in [0.29, 0.717) is 21.3 Å². The van der Waals surface area contributed by atoms with Crippen LogP contribution < -0.4 is 10.1 Å². The molecule has 1 heterocycles. The lowest BCUT2D eigenvalue weighted by Crippen LogP contribution is -2.34. The molecule has 0 atom stereocenters. The van der Waals surface area contributed by atoms with Crippen LogP contribution >= 0.6 is 22.9 Å². The molecule has 2 amide bonds. The number of methoxy groups -OCH3 is 1. The second-order valence-corrected chi connectivity index (χ2v) is 7.89. The van der Waals surface area contributed by atoms with Crippen LogP contribution in [-0.2, 0) is 17.6 Å². The summed E-state index contributed by atoms with van der Waals surface area (Å²) < 4.78 is 5.22. The van der Waals surface area contributed by atoms with E-state index in [0.717, 1.165) is 12.8 Å². The van der Waals surface area contributed by atoms with Crippen LogP contribution in [0.5, 0.6) is 5.75 Å². The van der Waals surface area contributed by atoms with Gasteiger partial charge in [0.25, 0.3) is 5.91 Å². The van der Waals surface area contributed by atoms with Gasteiger partial charge >= 0.3 is 0 Å². The number of likely N-dealkylation sites (N-methyl/N-ethyl adjacent to an activating group) is 1. The third-order valence-electron chi connectivity index (χ3n) is 4.37. The molecule has 138 valence electrons. The van der Waals surface area contributed by atoms with Gasteiger partial charge in [0.15, 0.2) is 0 Å². The number of amides is 2. The Bertz CT molecular complexity index is 811. The highest BCUT2D eigenvalue weighted by atomic mass is 35.5. The van der Waals surface area contributed by atoms with Gasteiger partial charge in [-0.25, -0.2) is 0 Å². The fourth-order valence-corrected chi connectivity index (χ4v) is 4.46. The third kappa shape index (κ3) is 4.19. The van der Waals surface area contributed by atoms with Crippen molar-refractivity contribution in [3.05, 3.63) is 44.6 Å². The molecular formula is C19H21ClN2O3S. The predicted molar refractivity (Wildman–Crippen MR) is 105 cm³/mol. The maximum absolute atomic E-state index is 12.6. The summed E-state index contributed by atoms with van der Waals surface area (Å²) >= 11 is 7.52. The molecule has 1 aromatic carbocycles. The van der Waals surface area contributed by atoms with Crippen molar-refractivity contribution in [1.29, 1.82) is 0 Å². The second kappa shape index (κ2) is 8.10. The Hall–Kier alpha value is -2.05. The molecule has 5 nitrogen and oxygen atoms in total. The Morgan fingerprint density at radius 1 is 1.27 bits per heavy atom. The fraction of sp³-hybridized carbons (Fsp3) is 0.368. The molecule has 0 spiro atoms. The van der Waals surface area contributed by atoms with Crippen LogP contribution in [0.1, 0.15) is 33.0 Å². The van der Waals surface area contributed by atoms with E-state index < -0.39 is 0 Å². The van der Waals surface area contributed by atoms with Crippen LogP contribution in [-0.4, -0.2) is 37.4 Å². The lowest BCUT2D eigenvalue weighted by Gasteiger charge is -2.17. The molecule has 7 heteroatoms. The van der Waals surface area contributed by atoms with Crippen LogP contribution in [0.15, 0.2) is 24.3 Å². The molecule has 0 bridgehead atoms. The number of carbonyl (C=O) groups is 2. The monoisotopic (exact) mass is 392 g/mol. The number of fused-ring (bicyclic) bond motifs is 1. The van der Waals surface area contributed by atoms with E-state index in [1.54, 1.807) is 36.6 Å². The van der Waals surface area contributed by atoms with Crippen LogP contribution in [0, 0.1) is 0 Å². The molecule has 0 fully saturated rings. The standard InChI is InChI=1S/C19H21ClN2O3S/c1-22(19(24)17-9-12-5-3-4-6-16(12)26-17)11-18(23)21-14-10-13(20)7-8-15(14)25-2/h7-10H,3-6,11H2,1-2H3,(H,21,23). The minimum atomic E-state index is -0.303. The highest BCUT2D eigenvalue weighted by molar-refractivity contribution is 7.14. The van der Waals surface area contributed by atoms with Gasteiger partial charge in [0.1, 0.15) is 5.75 Å². The number of carbonyl (C=O) groups excluding carboxylic acids is 2. The molecule has 2 aromatic rings. The summed E-state index contributed by atoms with van der Waals surface area (Å²) in [6.45, 7) is -0.0446. The number of hydrogen-bond donors (Lipinski definition) is 1. The Morgan fingerprint density at radius 3 is 2.77 bits per heavy atom. The molecule has 0 radical (unpaired) electrons. The maximum Gasteiger partial charge on any atom is 0.264 e. The molecule has 1 aliphatic rings. The Kier molecular flexibility index (Phi) is 5.84. The summed E-state index contributed by atoms with van der Waals surface area (Å²) in [6, 6.07) is 6.97. The number of nitrogens with zero attached hydrogens (tertiary/aromatic N) is 1. The molecule has 1 N–H and O–H groups in total. The van der Waals surface area contributed by atoms with Crippen molar-refractivity contribution >= 4 is 40.4 Å². The summed E-state index contributed by atoms with van der Waals surface area (Å²) in [4.78, 5) is 28.4. The lowest BCUT2D eigenvalue weighted by molar-refractivity contribution is -0.116. The zero-order chi connectivity index (χ0) is 18.7. The largest absolute Gasteiger partial charge is 0.495 e. The topological polar surface area (TPSA) is 58.6 Å². The molecule has 1 aliphatic carbocycles.